The van der Waals surface area contributed by atoms with Crippen LogP contribution >= 0.6 is 11.6 Å². The third kappa shape index (κ3) is 4.81. The zero-order valence-corrected chi connectivity index (χ0v) is 20.6. The normalized spacial score (nSPS) is 11.0. The van der Waals surface area contributed by atoms with Crippen LogP contribution in [0, 0.1) is 24.0 Å². The highest BCUT2D eigenvalue weighted by Gasteiger charge is 2.18. The van der Waals surface area contributed by atoms with Crippen LogP contribution in [-0.4, -0.2) is 38.9 Å². The number of carbonyl (C=O) groups is 1. The van der Waals surface area contributed by atoms with Crippen molar-refractivity contribution in [3.8, 4) is 5.69 Å². The van der Waals surface area contributed by atoms with Crippen molar-refractivity contribution in [2.75, 3.05) is 23.3 Å². The predicted octanol–water partition coefficient (Wildman–Crippen LogP) is 5.70. The van der Waals surface area contributed by atoms with E-state index in [2.05, 4.69) is 46.4 Å². The van der Waals surface area contributed by atoms with Crippen molar-refractivity contribution in [3.05, 3.63) is 80.4 Å². The van der Waals surface area contributed by atoms with Gasteiger partial charge < -0.3 is 10.2 Å². The van der Waals surface area contributed by atoms with E-state index in [1.54, 1.807) is 10.9 Å². The van der Waals surface area contributed by atoms with Gasteiger partial charge in [-0.15, -0.1) is 10.2 Å². The Morgan fingerprint density at radius 1 is 1.03 bits per heavy atom. The van der Waals surface area contributed by atoms with Crippen LogP contribution in [0.15, 0.2) is 48.5 Å². The number of carbonyl (C=O) groups excluding carboxylic acids is 1. The molecule has 0 atom stereocenters. The van der Waals surface area contributed by atoms with Crippen molar-refractivity contribution in [2.24, 2.45) is 0 Å². The fraction of sp³-hybridized carbons (Fsp3) is 0.240. The molecule has 0 radical (unpaired) electrons. The zero-order valence-electron chi connectivity index (χ0n) is 19.9. The Bertz CT molecular complexity index is 1440. The van der Waals surface area contributed by atoms with Gasteiger partial charge in [-0.25, -0.2) is 0 Å². The minimum Gasteiger partial charge on any atom is -0.372 e. The summed E-state index contributed by atoms with van der Waals surface area (Å²) in [5, 5.41) is 23.2. The molecule has 1 N–H and O–H groups in total. The number of halogens is 1. The third-order valence-electron chi connectivity index (χ3n) is 5.90. The highest BCUT2D eigenvalue weighted by molar-refractivity contribution is 6.34. The Hall–Kier alpha value is -3.98. The molecule has 0 saturated heterocycles. The second kappa shape index (κ2) is 9.71. The Morgan fingerprint density at radius 3 is 2.34 bits per heavy atom. The van der Waals surface area contributed by atoms with Crippen LogP contribution in [0.25, 0.3) is 16.7 Å². The number of nitro groups is 1. The molecule has 0 saturated carbocycles. The summed E-state index contributed by atoms with van der Waals surface area (Å²) < 4.78 is 0. The topological polar surface area (TPSA) is 106 Å². The van der Waals surface area contributed by atoms with E-state index in [4.69, 9.17) is 11.6 Å². The van der Waals surface area contributed by atoms with Crippen LogP contribution in [0.1, 0.15) is 35.3 Å². The number of aryl methyl sites for hydroxylation is 2. The first-order valence-corrected chi connectivity index (χ1v) is 11.6. The summed E-state index contributed by atoms with van der Waals surface area (Å²) in [6, 6.07) is 13.5. The molecule has 0 bridgehead atoms. The quantitative estimate of drug-likeness (QED) is 0.262. The molecule has 3 aromatic carbocycles. The van der Waals surface area contributed by atoms with Gasteiger partial charge in [0.15, 0.2) is 0 Å². The van der Waals surface area contributed by atoms with Crippen molar-refractivity contribution in [2.45, 2.75) is 27.7 Å². The van der Waals surface area contributed by atoms with Gasteiger partial charge in [0, 0.05) is 36.6 Å². The largest absolute Gasteiger partial charge is 0.372 e. The standard InChI is InChI=1S/C25H25ClN6O3/c1-5-30(6-2)17-8-10-24(16(4)11-17)31-28-22-12-15(3)21(14-23(22)29-31)27-25(33)19-13-18(32(34)35)7-9-20(19)26/h7-14H,5-6H2,1-4H3,(H,27,33). The molecule has 0 aliphatic heterocycles. The number of benzene rings is 3. The molecule has 0 spiro atoms. The molecule has 1 aromatic heterocycles. The SMILES string of the molecule is CCN(CC)c1ccc(-n2nc3cc(C)c(NC(=O)c4cc([N+](=O)[O-])ccc4Cl)cc3n2)c(C)c1. The number of non-ortho nitro benzene ring substituents is 1. The van der Waals surface area contributed by atoms with Gasteiger partial charge in [0.2, 0.25) is 0 Å². The van der Waals surface area contributed by atoms with Gasteiger partial charge in [-0.2, -0.15) is 4.80 Å². The first-order chi connectivity index (χ1) is 16.7. The number of aromatic nitrogens is 3. The second-order valence-electron chi connectivity index (χ2n) is 8.16. The highest BCUT2D eigenvalue weighted by Crippen LogP contribution is 2.27. The van der Waals surface area contributed by atoms with Crippen molar-refractivity contribution in [1.82, 2.24) is 15.0 Å². The van der Waals surface area contributed by atoms with Gasteiger partial charge in [0.1, 0.15) is 11.0 Å². The van der Waals surface area contributed by atoms with Gasteiger partial charge in [-0.05, 0) is 75.2 Å². The Labute approximate surface area is 207 Å². The molecule has 1 amide bonds. The molecule has 10 heteroatoms. The number of nitrogens with zero attached hydrogens (tertiary/aromatic N) is 5. The molecule has 9 nitrogen and oxygen atoms in total. The van der Waals surface area contributed by atoms with E-state index in [0.717, 1.165) is 41.7 Å². The Kier molecular flexibility index (Phi) is 6.70. The summed E-state index contributed by atoms with van der Waals surface area (Å²) >= 11 is 6.12. The number of rotatable bonds is 7. The number of hydrogen-bond donors (Lipinski definition) is 1. The van der Waals surface area contributed by atoms with Gasteiger partial charge in [-0.3, -0.25) is 14.9 Å². The fourth-order valence-corrected chi connectivity index (χ4v) is 4.15. The van der Waals surface area contributed by atoms with Crippen LogP contribution in [-0.2, 0) is 0 Å². The second-order valence-corrected chi connectivity index (χ2v) is 8.57. The van der Waals surface area contributed by atoms with Gasteiger partial charge in [0.25, 0.3) is 11.6 Å². The lowest BCUT2D eigenvalue weighted by atomic mass is 10.1. The van der Waals surface area contributed by atoms with Crippen LogP contribution in [0.4, 0.5) is 17.1 Å². The maximum atomic E-state index is 12.8. The highest BCUT2D eigenvalue weighted by atomic mass is 35.5. The number of fused-ring (bicyclic) bond motifs is 1. The molecule has 180 valence electrons. The van der Waals surface area contributed by atoms with E-state index in [0.29, 0.717) is 16.7 Å². The summed E-state index contributed by atoms with van der Waals surface area (Å²) in [6.45, 7) is 9.97. The summed E-state index contributed by atoms with van der Waals surface area (Å²) in [6.07, 6.45) is 0. The first-order valence-electron chi connectivity index (χ1n) is 11.2. The van der Waals surface area contributed by atoms with E-state index < -0.39 is 10.8 Å². The fourth-order valence-electron chi connectivity index (χ4n) is 3.95. The molecule has 4 rings (SSSR count). The molecule has 1 heterocycles. The number of hydrogen-bond acceptors (Lipinski definition) is 6. The molecule has 0 aliphatic carbocycles. The predicted molar refractivity (Wildman–Crippen MR) is 138 cm³/mol. The number of nitro benzene ring substituents is 1. The van der Waals surface area contributed by atoms with Crippen LogP contribution in [0.5, 0.6) is 0 Å². The monoisotopic (exact) mass is 492 g/mol. The maximum Gasteiger partial charge on any atom is 0.270 e. The molecule has 0 aliphatic rings. The summed E-state index contributed by atoms with van der Waals surface area (Å²) in [4.78, 5) is 27.2. The minimum absolute atomic E-state index is 0.0212. The van der Waals surface area contributed by atoms with Crippen LogP contribution in [0.2, 0.25) is 5.02 Å². The van der Waals surface area contributed by atoms with Crippen LogP contribution in [0.3, 0.4) is 0 Å². The first kappa shape index (κ1) is 24.2. The number of anilines is 2. The smallest absolute Gasteiger partial charge is 0.270 e. The van der Waals surface area contributed by atoms with Crippen molar-refractivity contribution < 1.29 is 9.72 Å². The average molecular weight is 493 g/mol. The Balaban J connectivity index is 1.65. The average Bonchev–Trinajstić information content (AvgIpc) is 3.22. The van der Waals surface area contributed by atoms with Crippen molar-refractivity contribution >= 4 is 45.6 Å². The van der Waals surface area contributed by atoms with Crippen LogP contribution < -0.4 is 10.2 Å². The maximum absolute atomic E-state index is 12.8. The minimum atomic E-state index is -0.570. The van der Waals surface area contributed by atoms with Crippen molar-refractivity contribution in [1.29, 1.82) is 0 Å². The molecule has 4 aromatic rings. The summed E-state index contributed by atoms with van der Waals surface area (Å²) in [7, 11) is 0. The molecule has 35 heavy (non-hydrogen) atoms. The summed E-state index contributed by atoms with van der Waals surface area (Å²) in [5.74, 6) is -0.545. The molecule has 0 unspecified atom stereocenters. The lowest BCUT2D eigenvalue weighted by Crippen LogP contribution is -2.21. The van der Waals surface area contributed by atoms with Gasteiger partial charge in [-0.1, -0.05) is 11.6 Å². The van der Waals surface area contributed by atoms with Gasteiger partial charge in [0.05, 0.1) is 21.2 Å². The van der Waals surface area contributed by atoms with E-state index in [-0.39, 0.29) is 16.3 Å². The van der Waals surface area contributed by atoms with E-state index >= 15 is 0 Å². The lowest BCUT2D eigenvalue weighted by molar-refractivity contribution is -0.384. The lowest BCUT2D eigenvalue weighted by Gasteiger charge is -2.22. The van der Waals surface area contributed by atoms with Gasteiger partial charge >= 0.3 is 0 Å². The third-order valence-corrected chi connectivity index (χ3v) is 6.23. The Morgan fingerprint density at radius 2 is 1.71 bits per heavy atom. The van der Waals surface area contributed by atoms with E-state index in [9.17, 15) is 14.9 Å². The molecular formula is C25H25ClN6O3. The van der Waals surface area contributed by atoms with E-state index in [1.165, 1.54) is 12.1 Å². The molecular weight excluding hydrogens is 468 g/mol. The molecule has 0 fully saturated rings. The van der Waals surface area contributed by atoms with Crippen molar-refractivity contribution in [3.63, 3.8) is 0 Å². The number of amides is 1. The summed E-state index contributed by atoms with van der Waals surface area (Å²) in [5.41, 5.74) is 5.44. The van der Waals surface area contributed by atoms with E-state index in [1.807, 2.05) is 26.0 Å². The zero-order chi connectivity index (χ0) is 25.3. The number of nitrogens with one attached hydrogen (secondary N) is 1.